The second kappa shape index (κ2) is 19.5. The standard InChI is InChI=1S/C20H40O3/c1-2-3-4-5-6-7-8-9-13-16-19-23-20(22)17-14-11-10-12-15-18-21/h21H,2-19H2,1H3. The summed E-state index contributed by atoms with van der Waals surface area (Å²) >= 11 is 0. The van der Waals surface area contributed by atoms with Crippen LogP contribution in [0.4, 0.5) is 0 Å². The van der Waals surface area contributed by atoms with Crippen molar-refractivity contribution in [2.24, 2.45) is 0 Å². The maximum absolute atomic E-state index is 11.5. The fraction of sp³-hybridized carbons (Fsp3) is 0.950. The second-order valence-electron chi connectivity index (χ2n) is 6.64. The minimum Gasteiger partial charge on any atom is -0.466 e. The molecule has 0 saturated carbocycles. The van der Waals surface area contributed by atoms with Crippen LogP contribution >= 0.6 is 0 Å². The molecule has 23 heavy (non-hydrogen) atoms. The summed E-state index contributed by atoms with van der Waals surface area (Å²) in [6, 6.07) is 0. The van der Waals surface area contributed by atoms with Gasteiger partial charge in [-0.1, -0.05) is 84.0 Å². The molecule has 0 unspecified atom stereocenters. The van der Waals surface area contributed by atoms with Gasteiger partial charge in [0, 0.05) is 13.0 Å². The smallest absolute Gasteiger partial charge is 0.305 e. The van der Waals surface area contributed by atoms with E-state index < -0.39 is 0 Å². The third-order valence-electron chi connectivity index (χ3n) is 4.30. The molecule has 0 amide bonds. The molecule has 3 nitrogen and oxygen atoms in total. The van der Waals surface area contributed by atoms with E-state index >= 15 is 0 Å². The number of rotatable bonds is 18. The zero-order valence-corrected chi connectivity index (χ0v) is 15.5. The number of aliphatic hydroxyl groups excluding tert-OH is 1. The molecule has 0 aromatic heterocycles. The summed E-state index contributed by atoms with van der Waals surface area (Å²) < 4.78 is 5.26. The van der Waals surface area contributed by atoms with Crippen LogP contribution in [0.2, 0.25) is 0 Å². The molecule has 0 aromatic carbocycles. The van der Waals surface area contributed by atoms with Crippen LogP contribution in [0.25, 0.3) is 0 Å². The van der Waals surface area contributed by atoms with Crippen molar-refractivity contribution in [3.05, 3.63) is 0 Å². The van der Waals surface area contributed by atoms with Crippen LogP contribution in [0, 0.1) is 0 Å². The molecule has 0 atom stereocenters. The van der Waals surface area contributed by atoms with Gasteiger partial charge in [0.2, 0.25) is 0 Å². The van der Waals surface area contributed by atoms with Gasteiger partial charge in [-0.2, -0.15) is 0 Å². The van der Waals surface area contributed by atoms with Gasteiger partial charge in [-0.15, -0.1) is 0 Å². The number of ether oxygens (including phenoxy) is 1. The molecule has 138 valence electrons. The highest BCUT2D eigenvalue weighted by atomic mass is 16.5. The first kappa shape index (κ1) is 22.4. The van der Waals surface area contributed by atoms with E-state index in [-0.39, 0.29) is 12.6 Å². The Morgan fingerprint density at radius 3 is 1.74 bits per heavy atom. The third kappa shape index (κ3) is 19.4. The number of unbranched alkanes of at least 4 members (excludes halogenated alkanes) is 13. The van der Waals surface area contributed by atoms with E-state index in [1.54, 1.807) is 0 Å². The zero-order valence-electron chi connectivity index (χ0n) is 15.5. The van der Waals surface area contributed by atoms with Crippen LogP contribution in [-0.2, 0) is 9.53 Å². The van der Waals surface area contributed by atoms with E-state index in [0.717, 1.165) is 38.5 Å². The van der Waals surface area contributed by atoms with Crippen molar-refractivity contribution in [2.45, 2.75) is 110 Å². The molecule has 0 bridgehead atoms. The molecule has 1 N–H and O–H groups in total. The van der Waals surface area contributed by atoms with Gasteiger partial charge in [0.15, 0.2) is 0 Å². The first-order valence-electron chi connectivity index (χ1n) is 10.1. The van der Waals surface area contributed by atoms with Crippen LogP contribution in [0.1, 0.15) is 110 Å². The van der Waals surface area contributed by atoms with Crippen molar-refractivity contribution in [1.82, 2.24) is 0 Å². The SMILES string of the molecule is CCCCCCCCCCCCOC(=O)CCCCCCCO. The van der Waals surface area contributed by atoms with Crippen LogP contribution < -0.4 is 0 Å². The summed E-state index contributed by atoms with van der Waals surface area (Å²) in [4.78, 5) is 11.5. The maximum atomic E-state index is 11.5. The van der Waals surface area contributed by atoms with Crippen molar-refractivity contribution < 1.29 is 14.6 Å². The second-order valence-corrected chi connectivity index (χ2v) is 6.64. The summed E-state index contributed by atoms with van der Waals surface area (Å²) in [5, 5.41) is 8.67. The molecule has 0 radical (unpaired) electrons. The highest BCUT2D eigenvalue weighted by molar-refractivity contribution is 5.69. The summed E-state index contributed by atoms with van der Waals surface area (Å²) in [5.74, 6) is -0.0388. The number of carbonyl (C=O) groups is 1. The lowest BCUT2D eigenvalue weighted by Crippen LogP contribution is -2.05. The maximum Gasteiger partial charge on any atom is 0.305 e. The number of esters is 1. The lowest BCUT2D eigenvalue weighted by atomic mass is 10.1. The molecule has 0 aliphatic rings. The Bertz CT molecular complexity index is 241. The van der Waals surface area contributed by atoms with Gasteiger partial charge in [0.05, 0.1) is 6.61 Å². The zero-order chi connectivity index (χ0) is 17.0. The van der Waals surface area contributed by atoms with Gasteiger partial charge in [-0.3, -0.25) is 4.79 Å². The van der Waals surface area contributed by atoms with E-state index in [0.29, 0.717) is 13.0 Å². The van der Waals surface area contributed by atoms with E-state index in [9.17, 15) is 4.79 Å². The van der Waals surface area contributed by atoms with Crippen molar-refractivity contribution in [3.63, 3.8) is 0 Å². The van der Waals surface area contributed by atoms with E-state index in [1.165, 1.54) is 57.8 Å². The highest BCUT2D eigenvalue weighted by Crippen LogP contribution is 2.11. The van der Waals surface area contributed by atoms with Gasteiger partial charge >= 0.3 is 5.97 Å². The first-order valence-corrected chi connectivity index (χ1v) is 10.1. The van der Waals surface area contributed by atoms with Gasteiger partial charge in [0.25, 0.3) is 0 Å². The van der Waals surface area contributed by atoms with Gasteiger partial charge in [-0.05, 0) is 19.3 Å². The Balaban J connectivity index is 3.11. The molecule has 0 aliphatic heterocycles. The average Bonchev–Trinajstić information content (AvgIpc) is 2.56. The predicted molar refractivity (Wildman–Crippen MR) is 97.6 cm³/mol. The molecular formula is C20H40O3. The molecule has 0 aromatic rings. The Kier molecular flexibility index (Phi) is 19.0. The minimum atomic E-state index is -0.0388. The Labute approximate surface area is 144 Å². The van der Waals surface area contributed by atoms with E-state index in [4.69, 9.17) is 9.84 Å². The van der Waals surface area contributed by atoms with Crippen molar-refractivity contribution in [1.29, 1.82) is 0 Å². The van der Waals surface area contributed by atoms with E-state index in [1.807, 2.05) is 0 Å². The van der Waals surface area contributed by atoms with Crippen LogP contribution in [0.15, 0.2) is 0 Å². The number of hydrogen-bond acceptors (Lipinski definition) is 3. The molecule has 0 aliphatic carbocycles. The minimum absolute atomic E-state index is 0.0388. The largest absolute Gasteiger partial charge is 0.466 e. The molecule has 0 fully saturated rings. The highest BCUT2D eigenvalue weighted by Gasteiger charge is 2.02. The van der Waals surface area contributed by atoms with Gasteiger partial charge in [0.1, 0.15) is 0 Å². The molecule has 3 heteroatoms. The van der Waals surface area contributed by atoms with Crippen molar-refractivity contribution >= 4 is 5.97 Å². The molecule has 0 saturated heterocycles. The van der Waals surface area contributed by atoms with Crippen LogP contribution in [0.5, 0.6) is 0 Å². The monoisotopic (exact) mass is 328 g/mol. The number of aliphatic hydroxyl groups is 1. The quantitative estimate of drug-likeness (QED) is 0.256. The van der Waals surface area contributed by atoms with Gasteiger partial charge in [-0.25, -0.2) is 0 Å². The average molecular weight is 329 g/mol. The van der Waals surface area contributed by atoms with Crippen molar-refractivity contribution in [3.8, 4) is 0 Å². The molecular weight excluding hydrogens is 288 g/mol. The first-order chi connectivity index (χ1) is 11.3. The lowest BCUT2D eigenvalue weighted by Gasteiger charge is -2.05. The van der Waals surface area contributed by atoms with E-state index in [2.05, 4.69) is 6.92 Å². The topological polar surface area (TPSA) is 46.5 Å². The fourth-order valence-corrected chi connectivity index (χ4v) is 2.76. The van der Waals surface area contributed by atoms with Gasteiger partial charge < -0.3 is 9.84 Å². The number of carbonyl (C=O) groups excluding carboxylic acids is 1. The third-order valence-corrected chi connectivity index (χ3v) is 4.30. The summed E-state index contributed by atoms with van der Waals surface area (Å²) in [6.07, 6.45) is 18.6. The molecule has 0 spiro atoms. The summed E-state index contributed by atoms with van der Waals surface area (Å²) in [6.45, 7) is 3.13. The number of hydrogen-bond donors (Lipinski definition) is 1. The Morgan fingerprint density at radius 2 is 1.17 bits per heavy atom. The van der Waals surface area contributed by atoms with Crippen LogP contribution in [0.3, 0.4) is 0 Å². The molecule has 0 heterocycles. The molecule has 0 rings (SSSR count). The summed E-state index contributed by atoms with van der Waals surface area (Å²) in [5.41, 5.74) is 0. The van der Waals surface area contributed by atoms with Crippen LogP contribution in [-0.4, -0.2) is 24.3 Å². The fourth-order valence-electron chi connectivity index (χ4n) is 2.76. The Morgan fingerprint density at radius 1 is 0.696 bits per heavy atom. The van der Waals surface area contributed by atoms with Crippen molar-refractivity contribution in [2.75, 3.05) is 13.2 Å². The predicted octanol–water partition coefficient (Wildman–Crippen LogP) is 5.78. The summed E-state index contributed by atoms with van der Waals surface area (Å²) in [7, 11) is 0. The normalized spacial score (nSPS) is 10.9. The lowest BCUT2D eigenvalue weighted by molar-refractivity contribution is -0.143. The Hall–Kier alpha value is -0.570.